The van der Waals surface area contributed by atoms with Crippen LogP contribution in [0.25, 0.3) is 0 Å². The van der Waals surface area contributed by atoms with E-state index in [9.17, 15) is 44.7 Å². The summed E-state index contributed by atoms with van der Waals surface area (Å²) in [6.07, 6.45) is 5.42. The lowest BCUT2D eigenvalue weighted by molar-refractivity contribution is -0.757. The quantitative estimate of drug-likeness (QED) is 0.0474. The van der Waals surface area contributed by atoms with E-state index in [0.717, 1.165) is 0 Å². The average molecular weight is 645 g/mol. The lowest BCUT2D eigenvalue weighted by Gasteiger charge is -2.18. The van der Waals surface area contributed by atoms with Crippen LogP contribution in [-0.4, -0.2) is 65.6 Å². The molecule has 45 heavy (non-hydrogen) atoms. The highest BCUT2D eigenvalue weighted by atomic mass is 17.0. The summed E-state index contributed by atoms with van der Waals surface area (Å²) in [6, 6.07) is 5.39. The molecule has 0 aliphatic rings. The Bertz CT molecular complexity index is 1070. The Kier molecular flexibility index (Phi) is 20.1. The Labute approximate surface area is 259 Å². The molecule has 0 bridgehead atoms. The number of carbonyl (C=O) groups excluding carboxylic acids is 3. The lowest BCUT2D eigenvalue weighted by atomic mass is 10.1. The Balaban J connectivity index is 2.59. The first-order valence-corrected chi connectivity index (χ1v) is 14.6. The molecule has 18 heteroatoms. The predicted molar refractivity (Wildman–Crippen MR) is 153 cm³/mol. The van der Waals surface area contributed by atoms with Gasteiger partial charge in [-0.25, -0.2) is 4.79 Å². The third kappa shape index (κ3) is 21.6. The molecule has 1 rings (SSSR count). The van der Waals surface area contributed by atoms with Crippen molar-refractivity contribution in [2.75, 3.05) is 26.4 Å². The maximum atomic E-state index is 12.9. The van der Waals surface area contributed by atoms with Crippen molar-refractivity contribution in [1.82, 2.24) is 5.32 Å². The van der Waals surface area contributed by atoms with Crippen LogP contribution in [0.2, 0.25) is 0 Å². The van der Waals surface area contributed by atoms with Crippen LogP contribution in [0.5, 0.6) is 5.75 Å². The summed E-state index contributed by atoms with van der Waals surface area (Å²) < 4.78 is 10.7. The molecule has 0 heterocycles. The van der Waals surface area contributed by atoms with E-state index in [1.165, 1.54) is 0 Å². The fourth-order valence-corrected chi connectivity index (χ4v) is 3.93. The molecule has 1 N–H and O–H groups in total. The first-order chi connectivity index (χ1) is 21.6. The molecule has 0 spiro atoms. The van der Waals surface area contributed by atoms with Crippen LogP contribution in [0.15, 0.2) is 24.3 Å². The second kappa shape index (κ2) is 23.7. The molecule has 0 radical (unpaired) electrons. The van der Waals surface area contributed by atoms with Crippen LogP contribution < -0.4 is 10.1 Å². The molecule has 252 valence electrons. The van der Waals surface area contributed by atoms with Crippen molar-refractivity contribution in [2.24, 2.45) is 0 Å². The van der Waals surface area contributed by atoms with Crippen LogP contribution in [0.4, 0.5) is 0 Å². The third-order valence-corrected chi connectivity index (χ3v) is 6.16. The SMILES string of the molecule is O=C(CCCCCO[N+](=O)[O-])NC(Cc1ccc(OC(=O)CCCCCO[N+](=O)[O-])cc1)C(=O)OCCCCCCO[N+](=O)[O-]. The van der Waals surface area contributed by atoms with Gasteiger partial charge in [0.2, 0.25) is 5.91 Å². The Morgan fingerprint density at radius 1 is 0.644 bits per heavy atom. The highest BCUT2D eigenvalue weighted by molar-refractivity contribution is 5.84. The number of unbranched alkanes of at least 4 members (excludes halogenated alkanes) is 7. The first-order valence-electron chi connectivity index (χ1n) is 14.6. The summed E-state index contributed by atoms with van der Waals surface area (Å²) in [5.74, 6) is -1.22. The van der Waals surface area contributed by atoms with Gasteiger partial charge in [0.15, 0.2) is 0 Å². The summed E-state index contributed by atoms with van der Waals surface area (Å²) in [4.78, 5) is 80.7. The van der Waals surface area contributed by atoms with Crippen molar-refractivity contribution >= 4 is 17.8 Å². The van der Waals surface area contributed by atoms with E-state index >= 15 is 0 Å². The van der Waals surface area contributed by atoms with Crippen molar-refractivity contribution < 1.29 is 53.6 Å². The molecule has 1 amide bonds. The highest BCUT2D eigenvalue weighted by Crippen LogP contribution is 2.16. The van der Waals surface area contributed by atoms with Crippen molar-refractivity contribution in [2.45, 2.75) is 89.5 Å². The van der Waals surface area contributed by atoms with Gasteiger partial charge in [0, 0.05) is 19.3 Å². The van der Waals surface area contributed by atoms with Crippen LogP contribution >= 0.6 is 0 Å². The van der Waals surface area contributed by atoms with Gasteiger partial charge in [-0.05, 0) is 62.6 Å². The summed E-state index contributed by atoms with van der Waals surface area (Å²) in [7, 11) is 0. The number of amides is 1. The second-order valence-electron chi connectivity index (χ2n) is 9.82. The van der Waals surface area contributed by atoms with E-state index in [0.29, 0.717) is 69.8 Å². The van der Waals surface area contributed by atoms with Crippen molar-refractivity contribution in [3.05, 3.63) is 60.2 Å². The zero-order chi connectivity index (χ0) is 33.3. The fourth-order valence-electron chi connectivity index (χ4n) is 3.93. The molecule has 0 fully saturated rings. The van der Waals surface area contributed by atoms with Crippen molar-refractivity contribution in [3.8, 4) is 5.75 Å². The maximum absolute atomic E-state index is 12.9. The second-order valence-corrected chi connectivity index (χ2v) is 9.82. The molecule has 0 aliphatic carbocycles. The zero-order valence-corrected chi connectivity index (χ0v) is 25.0. The van der Waals surface area contributed by atoms with Gasteiger partial charge in [-0.1, -0.05) is 31.4 Å². The fraction of sp³-hybridized carbons (Fsp3) is 0.667. The number of carbonyl (C=O) groups is 3. The molecule has 0 aliphatic heterocycles. The molecule has 1 unspecified atom stereocenters. The highest BCUT2D eigenvalue weighted by Gasteiger charge is 2.23. The van der Waals surface area contributed by atoms with Crippen LogP contribution in [-0.2, 0) is 40.1 Å². The van der Waals surface area contributed by atoms with Gasteiger partial charge in [0.1, 0.15) is 11.8 Å². The monoisotopic (exact) mass is 644 g/mol. The minimum atomic E-state index is -1.00. The number of hydrogen-bond acceptors (Lipinski definition) is 14. The smallest absolute Gasteiger partial charge is 0.328 e. The predicted octanol–water partition coefficient (Wildman–Crippen LogP) is 3.47. The van der Waals surface area contributed by atoms with Gasteiger partial charge in [0.25, 0.3) is 15.3 Å². The zero-order valence-electron chi connectivity index (χ0n) is 25.0. The standard InChI is InChI=1S/C27H40N4O14/c32-25(11-5-3-9-19-43-30(37)38)28-24(27(34)41-17-7-1-2-8-18-42-29(35)36)21-22-13-15-23(16-14-22)45-26(33)12-6-4-10-20-44-31(39)40/h13-16,24H,1-12,17-21H2,(H,28,32). The van der Waals surface area contributed by atoms with Gasteiger partial charge in [-0.3, -0.25) is 9.59 Å². The van der Waals surface area contributed by atoms with Crippen LogP contribution in [0.3, 0.4) is 0 Å². The molecular formula is C27H40N4O14. The first kappa shape index (κ1) is 38.3. The van der Waals surface area contributed by atoms with Gasteiger partial charge >= 0.3 is 11.9 Å². The van der Waals surface area contributed by atoms with Gasteiger partial charge in [0.05, 0.1) is 26.4 Å². The van der Waals surface area contributed by atoms with Crippen molar-refractivity contribution in [3.63, 3.8) is 0 Å². The maximum Gasteiger partial charge on any atom is 0.328 e. The Morgan fingerprint density at radius 2 is 1.11 bits per heavy atom. The minimum Gasteiger partial charge on any atom is -0.464 e. The molecule has 1 aromatic carbocycles. The Hall–Kier alpha value is -4.77. The molecule has 0 aromatic heterocycles. The number of esters is 2. The van der Waals surface area contributed by atoms with Gasteiger partial charge in [-0.15, -0.1) is 30.3 Å². The molecule has 1 aromatic rings. The number of hydrogen-bond donors (Lipinski definition) is 1. The number of benzene rings is 1. The van der Waals surface area contributed by atoms with Crippen LogP contribution in [0.1, 0.15) is 82.6 Å². The van der Waals surface area contributed by atoms with Crippen molar-refractivity contribution in [1.29, 1.82) is 0 Å². The van der Waals surface area contributed by atoms with Gasteiger partial charge < -0.3 is 29.3 Å². The average Bonchev–Trinajstić information content (AvgIpc) is 2.98. The summed E-state index contributed by atoms with van der Waals surface area (Å²) in [6.45, 7) is -0.0245. The van der Waals surface area contributed by atoms with E-state index < -0.39 is 39.1 Å². The van der Waals surface area contributed by atoms with E-state index in [1.54, 1.807) is 24.3 Å². The third-order valence-electron chi connectivity index (χ3n) is 6.16. The summed E-state index contributed by atoms with van der Waals surface area (Å²) in [5.41, 5.74) is 0.658. The number of nitrogens with zero attached hydrogens (tertiary/aromatic N) is 3. The van der Waals surface area contributed by atoms with E-state index in [2.05, 4.69) is 19.8 Å². The Morgan fingerprint density at radius 3 is 1.62 bits per heavy atom. The van der Waals surface area contributed by atoms with E-state index in [1.807, 2.05) is 0 Å². The van der Waals surface area contributed by atoms with E-state index in [-0.39, 0.29) is 51.4 Å². The normalized spacial score (nSPS) is 11.1. The summed E-state index contributed by atoms with van der Waals surface area (Å²) in [5, 5.41) is 30.6. The number of nitrogens with one attached hydrogen (secondary N) is 1. The van der Waals surface area contributed by atoms with Gasteiger partial charge in [-0.2, -0.15) is 0 Å². The molecule has 18 nitrogen and oxygen atoms in total. The molecular weight excluding hydrogens is 604 g/mol. The lowest BCUT2D eigenvalue weighted by Crippen LogP contribution is -2.43. The molecule has 1 atom stereocenters. The van der Waals surface area contributed by atoms with Crippen LogP contribution in [0, 0.1) is 30.3 Å². The summed E-state index contributed by atoms with van der Waals surface area (Å²) >= 11 is 0. The van der Waals surface area contributed by atoms with E-state index in [4.69, 9.17) is 9.47 Å². The largest absolute Gasteiger partial charge is 0.464 e. The molecule has 0 saturated heterocycles. The number of ether oxygens (including phenoxy) is 2. The minimum absolute atomic E-state index is 0.00866. The number of rotatable bonds is 27. The molecule has 0 saturated carbocycles. The topological polar surface area (TPSA) is 239 Å².